The predicted octanol–water partition coefficient (Wildman–Crippen LogP) is 4.75. The van der Waals surface area contributed by atoms with E-state index in [9.17, 15) is 0 Å². The van der Waals surface area contributed by atoms with Crippen molar-refractivity contribution in [2.45, 2.75) is 6.92 Å². The van der Waals surface area contributed by atoms with Gasteiger partial charge in [0, 0.05) is 11.6 Å². The van der Waals surface area contributed by atoms with E-state index >= 15 is 0 Å². The summed E-state index contributed by atoms with van der Waals surface area (Å²) in [6, 6.07) is 13.2. The fourth-order valence-corrected chi connectivity index (χ4v) is 2.07. The summed E-state index contributed by atoms with van der Waals surface area (Å²) in [5, 5.41) is 4.73. The average Bonchev–Trinajstić information content (AvgIpc) is 2.57. The lowest BCUT2D eigenvalue weighted by atomic mass is 10.2. The van der Waals surface area contributed by atoms with Gasteiger partial charge in [-0.15, -0.1) is 0 Å². The Labute approximate surface area is 141 Å². The average molecular weight is 331 g/mol. The molecular weight excluding hydrogens is 312 g/mol. The number of benzene rings is 2. The Bertz CT molecular complexity index is 672. The summed E-state index contributed by atoms with van der Waals surface area (Å²) in [5.41, 5.74) is 4.59. The van der Waals surface area contributed by atoms with Gasteiger partial charge in [0.2, 0.25) is 0 Å². The molecule has 5 heteroatoms. The van der Waals surface area contributed by atoms with Gasteiger partial charge in [-0.1, -0.05) is 42.5 Å². The van der Waals surface area contributed by atoms with Gasteiger partial charge in [0.25, 0.3) is 0 Å². The van der Waals surface area contributed by atoms with E-state index in [1.54, 1.807) is 24.4 Å². The third kappa shape index (κ3) is 5.04. The maximum Gasteiger partial charge on any atom is 0.163 e. The normalized spacial score (nSPS) is 10.5. The number of nitrogens with zero attached hydrogens (tertiary/aromatic N) is 1. The van der Waals surface area contributed by atoms with Crippen molar-refractivity contribution in [1.82, 2.24) is 0 Å². The van der Waals surface area contributed by atoms with Gasteiger partial charge in [0.05, 0.1) is 23.5 Å². The molecule has 2 rings (SSSR count). The molecule has 0 aliphatic heterocycles. The lowest BCUT2D eigenvalue weighted by molar-refractivity contribution is 0.297. The van der Waals surface area contributed by atoms with Gasteiger partial charge < -0.3 is 9.47 Å². The van der Waals surface area contributed by atoms with Crippen LogP contribution in [-0.2, 0) is 0 Å². The fourth-order valence-electron chi connectivity index (χ4n) is 1.87. The molecule has 2 aromatic rings. The van der Waals surface area contributed by atoms with Crippen molar-refractivity contribution in [1.29, 1.82) is 0 Å². The van der Waals surface area contributed by atoms with Crippen LogP contribution in [0.5, 0.6) is 11.5 Å². The van der Waals surface area contributed by atoms with Crippen LogP contribution in [0.25, 0.3) is 0 Å². The number of hydrogen-bond acceptors (Lipinski definition) is 4. The molecule has 23 heavy (non-hydrogen) atoms. The number of halogens is 1. The second-order valence-corrected chi connectivity index (χ2v) is 5.00. The zero-order valence-electron chi connectivity index (χ0n) is 13.0. The summed E-state index contributed by atoms with van der Waals surface area (Å²) >= 11 is 6.28. The highest BCUT2D eigenvalue weighted by Crippen LogP contribution is 2.33. The molecule has 0 unspecified atom stereocenters. The molecule has 4 nitrogen and oxygen atoms in total. The third-order valence-corrected chi connectivity index (χ3v) is 3.22. The molecule has 0 aliphatic rings. The Morgan fingerprint density at radius 3 is 2.61 bits per heavy atom. The Morgan fingerprint density at radius 1 is 1.17 bits per heavy atom. The van der Waals surface area contributed by atoms with E-state index in [-0.39, 0.29) is 0 Å². The van der Waals surface area contributed by atoms with Gasteiger partial charge in [0.1, 0.15) is 6.61 Å². The summed E-state index contributed by atoms with van der Waals surface area (Å²) in [6.45, 7) is 6.47. The first kappa shape index (κ1) is 16.9. The lowest BCUT2D eigenvalue weighted by Gasteiger charge is -2.12. The van der Waals surface area contributed by atoms with E-state index in [2.05, 4.69) is 17.1 Å². The van der Waals surface area contributed by atoms with Crippen LogP contribution in [0.4, 0.5) is 5.69 Å². The van der Waals surface area contributed by atoms with Crippen LogP contribution in [-0.4, -0.2) is 19.4 Å². The summed E-state index contributed by atoms with van der Waals surface area (Å²) < 4.78 is 11.2. The lowest BCUT2D eigenvalue weighted by Crippen LogP contribution is -2.00. The SMILES string of the molecule is C=CCOc1cc(Cl)c(C=NNc2ccccc2)cc1OCC. The largest absolute Gasteiger partial charge is 0.490 e. The van der Waals surface area contributed by atoms with Crippen molar-refractivity contribution in [2.24, 2.45) is 5.10 Å². The highest BCUT2D eigenvalue weighted by molar-refractivity contribution is 6.33. The Balaban J connectivity index is 2.17. The van der Waals surface area contributed by atoms with Gasteiger partial charge >= 0.3 is 0 Å². The molecule has 0 saturated heterocycles. The number of para-hydroxylation sites is 1. The van der Waals surface area contributed by atoms with Gasteiger partial charge in [0.15, 0.2) is 11.5 Å². The van der Waals surface area contributed by atoms with Crippen LogP contribution < -0.4 is 14.9 Å². The summed E-state index contributed by atoms with van der Waals surface area (Å²) in [4.78, 5) is 0. The Kier molecular flexibility index (Phi) is 6.51. The number of rotatable bonds is 8. The second-order valence-electron chi connectivity index (χ2n) is 4.59. The topological polar surface area (TPSA) is 42.8 Å². The van der Waals surface area contributed by atoms with Gasteiger partial charge in [-0.3, -0.25) is 5.43 Å². The molecule has 0 heterocycles. The van der Waals surface area contributed by atoms with Crippen LogP contribution in [0, 0.1) is 0 Å². The van der Waals surface area contributed by atoms with Crippen LogP contribution in [0.3, 0.4) is 0 Å². The number of hydrazone groups is 1. The van der Waals surface area contributed by atoms with Gasteiger partial charge in [-0.05, 0) is 25.1 Å². The van der Waals surface area contributed by atoms with E-state index in [1.165, 1.54) is 0 Å². The minimum atomic E-state index is 0.388. The molecule has 0 bridgehead atoms. The number of hydrogen-bond donors (Lipinski definition) is 1. The van der Waals surface area contributed by atoms with Gasteiger partial charge in [-0.2, -0.15) is 5.10 Å². The van der Waals surface area contributed by atoms with Crippen LogP contribution in [0.15, 0.2) is 60.2 Å². The molecule has 0 spiro atoms. The zero-order valence-corrected chi connectivity index (χ0v) is 13.7. The molecular formula is C18H19ClN2O2. The fraction of sp³-hybridized carbons (Fsp3) is 0.167. The van der Waals surface area contributed by atoms with E-state index in [0.717, 1.165) is 11.3 Å². The summed E-state index contributed by atoms with van der Waals surface area (Å²) in [7, 11) is 0. The quantitative estimate of drug-likeness (QED) is 0.431. The highest BCUT2D eigenvalue weighted by Gasteiger charge is 2.10. The van der Waals surface area contributed by atoms with E-state index in [0.29, 0.717) is 29.7 Å². The van der Waals surface area contributed by atoms with Crippen LogP contribution in [0.1, 0.15) is 12.5 Å². The molecule has 1 N–H and O–H groups in total. The summed E-state index contributed by atoms with van der Waals surface area (Å²) in [5.74, 6) is 1.21. The van der Waals surface area contributed by atoms with Crippen molar-refractivity contribution >= 4 is 23.5 Å². The smallest absolute Gasteiger partial charge is 0.163 e. The van der Waals surface area contributed by atoms with Crippen molar-refractivity contribution in [3.63, 3.8) is 0 Å². The number of ether oxygens (including phenoxy) is 2. The molecule has 0 radical (unpaired) electrons. The number of nitrogens with one attached hydrogen (secondary N) is 1. The van der Waals surface area contributed by atoms with E-state index in [1.807, 2.05) is 37.3 Å². The highest BCUT2D eigenvalue weighted by atomic mass is 35.5. The monoisotopic (exact) mass is 330 g/mol. The first-order chi connectivity index (χ1) is 11.2. The Morgan fingerprint density at radius 2 is 1.91 bits per heavy atom. The zero-order chi connectivity index (χ0) is 16.5. The van der Waals surface area contributed by atoms with Crippen molar-refractivity contribution in [2.75, 3.05) is 18.6 Å². The first-order valence-electron chi connectivity index (χ1n) is 7.28. The van der Waals surface area contributed by atoms with E-state index in [4.69, 9.17) is 21.1 Å². The maximum absolute atomic E-state index is 6.28. The molecule has 120 valence electrons. The third-order valence-electron chi connectivity index (χ3n) is 2.89. The first-order valence-corrected chi connectivity index (χ1v) is 7.66. The summed E-state index contributed by atoms with van der Waals surface area (Å²) in [6.07, 6.45) is 3.32. The van der Waals surface area contributed by atoms with E-state index < -0.39 is 0 Å². The molecule has 0 aromatic heterocycles. The minimum Gasteiger partial charge on any atom is -0.490 e. The Hall–Kier alpha value is -2.46. The maximum atomic E-state index is 6.28. The van der Waals surface area contributed by atoms with Crippen molar-refractivity contribution < 1.29 is 9.47 Å². The molecule has 0 fully saturated rings. The molecule has 0 saturated carbocycles. The molecule has 0 amide bonds. The predicted molar refractivity (Wildman–Crippen MR) is 96.0 cm³/mol. The minimum absolute atomic E-state index is 0.388. The molecule has 2 aromatic carbocycles. The molecule has 0 atom stereocenters. The van der Waals surface area contributed by atoms with Gasteiger partial charge in [-0.25, -0.2) is 0 Å². The van der Waals surface area contributed by atoms with Crippen molar-refractivity contribution in [3.8, 4) is 11.5 Å². The van der Waals surface area contributed by atoms with Crippen LogP contribution >= 0.6 is 11.6 Å². The second kappa shape index (κ2) is 8.86. The standard InChI is InChI=1S/C18H19ClN2O2/c1-3-10-23-18-12-16(19)14(11-17(18)22-4-2)13-20-21-15-8-6-5-7-9-15/h3,5-9,11-13,21H,1,4,10H2,2H3. The van der Waals surface area contributed by atoms with Crippen molar-refractivity contribution in [3.05, 3.63) is 65.7 Å². The van der Waals surface area contributed by atoms with Crippen LogP contribution in [0.2, 0.25) is 5.02 Å². The number of anilines is 1. The molecule has 0 aliphatic carbocycles.